The first-order valence-corrected chi connectivity index (χ1v) is 17.6. The van der Waals surface area contributed by atoms with E-state index in [0.29, 0.717) is 21.6 Å². The molecule has 2 aliphatic heterocycles. The van der Waals surface area contributed by atoms with Gasteiger partial charge in [-0.25, -0.2) is 9.59 Å². The van der Waals surface area contributed by atoms with E-state index >= 15 is 0 Å². The number of carbonyl (C=O) groups is 6. The van der Waals surface area contributed by atoms with Gasteiger partial charge >= 0.3 is 11.9 Å². The van der Waals surface area contributed by atoms with Crippen LogP contribution in [0.25, 0.3) is 33.4 Å². The fourth-order valence-corrected chi connectivity index (χ4v) is 6.07. The number of nitrogens with one attached hydrogen (secondary N) is 2. The molecule has 4 N–H and O–H groups in total. The number of phenols is 1. The van der Waals surface area contributed by atoms with Gasteiger partial charge in [-0.2, -0.15) is 11.8 Å². The first-order valence-electron chi connectivity index (χ1n) is 16.4. The first kappa shape index (κ1) is 38.5. The van der Waals surface area contributed by atoms with Gasteiger partial charge in [-0.05, 0) is 48.0 Å². The average Bonchev–Trinajstić information content (AvgIpc) is 3.44. The third-order valence-electron chi connectivity index (χ3n) is 7.81. The maximum Gasteiger partial charge on any atom is 0.336 e. The van der Waals surface area contributed by atoms with E-state index in [1.165, 1.54) is 60.3 Å². The van der Waals surface area contributed by atoms with Crippen molar-refractivity contribution in [3.05, 3.63) is 75.9 Å². The molecule has 0 saturated carbocycles. The zero-order valence-electron chi connectivity index (χ0n) is 28.2. The topological polar surface area (TPSA) is 228 Å². The van der Waals surface area contributed by atoms with Crippen LogP contribution >= 0.6 is 11.8 Å². The van der Waals surface area contributed by atoms with Gasteiger partial charge in [0.2, 0.25) is 5.91 Å². The zero-order chi connectivity index (χ0) is 37.9. The highest BCUT2D eigenvalue weighted by atomic mass is 32.2. The van der Waals surface area contributed by atoms with Crippen LogP contribution in [0.2, 0.25) is 0 Å². The molecule has 17 heteroatoms. The molecule has 2 aromatic carbocycles. The summed E-state index contributed by atoms with van der Waals surface area (Å²) >= 11 is 1.20. The smallest absolute Gasteiger partial charge is 0.336 e. The molecule has 2 aromatic rings. The molecular weight excluding hydrogens is 714 g/mol. The Morgan fingerprint density at radius 2 is 1.55 bits per heavy atom. The number of hydrogen-bond acceptors (Lipinski definition) is 13. The second-order valence-electron chi connectivity index (χ2n) is 11.6. The highest BCUT2D eigenvalue weighted by Gasteiger charge is 2.32. The normalized spacial score (nSPS) is 12.7. The van der Waals surface area contributed by atoms with Crippen molar-refractivity contribution in [3.8, 4) is 28.2 Å². The number of thioether (sulfide) groups is 1. The van der Waals surface area contributed by atoms with Gasteiger partial charge in [-0.1, -0.05) is 0 Å². The van der Waals surface area contributed by atoms with E-state index in [0.717, 1.165) is 0 Å². The lowest BCUT2D eigenvalue weighted by atomic mass is 9.89. The number of aromatic hydroxyl groups is 1. The maximum absolute atomic E-state index is 13.1. The van der Waals surface area contributed by atoms with E-state index in [4.69, 9.17) is 18.7 Å². The number of carboxylic acid groups (broad SMARTS) is 1. The van der Waals surface area contributed by atoms with E-state index in [1.807, 2.05) is 0 Å². The van der Waals surface area contributed by atoms with Gasteiger partial charge in [0.1, 0.15) is 17.1 Å². The molecule has 1 fully saturated rings. The van der Waals surface area contributed by atoms with Crippen molar-refractivity contribution in [1.29, 1.82) is 0 Å². The van der Waals surface area contributed by atoms with Crippen molar-refractivity contribution in [2.75, 3.05) is 51.0 Å². The van der Waals surface area contributed by atoms with Crippen molar-refractivity contribution in [2.24, 2.45) is 0 Å². The van der Waals surface area contributed by atoms with Gasteiger partial charge in [0.25, 0.3) is 17.7 Å². The van der Waals surface area contributed by atoms with Crippen molar-refractivity contribution in [2.45, 2.75) is 19.3 Å². The standard InChI is InChI=1S/C36H35N3O13S/c40-22-2-5-25-28(18-22)51-29-19-23(41)3-6-26(29)34(25)27-17-21(1-4-24(27)36(47)48)35(46)38-11-13-50-15-14-49-12-10-37-30(42)20-53-16-9-33(45)52-39-31(43)7-8-32(39)44/h1-6,17-19,40H,7-16,20H2,(H,37,42)(H,38,46)(H,47,48). The van der Waals surface area contributed by atoms with E-state index in [2.05, 4.69) is 10.6 Å². The fraction of sp³-hybridized carbons (Fsp3) is 0.306. The number of carbonyl (C=O) groups excluding carboxylic acids is 5. The van der Waals surface area contributed by atoms with Crippen LogP contribution in [0.3, 0.4) is 0 Å². The Labute approximate surface area is 305 Å². The molecule has 5 rings (SSSR count). The lowest BCUT2D eigenvalue weighted by Crippen LogP contribution is -2.32. The van der Waals surface area contributed by atoms with E-state index in [-0.39, 0.29) is 115 Å². The predicted molar refractivity (Wildman–Crippen MR) is 189 cm³/mol. The largest absolute Gasteiger partial charge is 0.508 e. The molecule has 3 aliphatic rings. The zero-order valence-corrected chi connectivity index (χ0v) is 29.0. The van der Waals surface area contributed by atoms with Crippen molar-refractivity contribution in [1.82, 2.24) is 15.7 Å². The number of aromatic carboxylic acids is 1. The molecule has 2 heterocycles. The summed E-state index contributed by atoms with van der Waals surface area (Å²) in [6, 6.07) is 12.7. The summed E-state index contributed by atoms with van der Waals surface area (Å²) in [5, 5.41) is 26.4. The van der Waals surface area contributed by atoms with Crippen molar-refractivity contribution < 1.29 is 57.7 Å². The summed E-state index contributed by atoms with van der Waals surface area (Å²) in [4.78, 5) is 88.9. The SMILES string of the molecule is O=C(CSCCC(=O)ON1C(=O)CCC1=O)NCCOCCOCCNC(=O)c1ccc(C(=O)O)c(-c2c3ccc(=O)cc-3oc3cc(O)ccc23)c1. The van der Waals surface area contributed by atoms with Crippen LogP contribution in [0.1, 0.15) is 40.0 Å². The van der Waals surface area contributed by atoms with Crippen molar-refractivity contribution >= 4 is 58.3 Å². The van der Waals surface area contributed by atoms with Crippen LogP contribution < -0.4 is 16.1 Å². The maximum atomic E-state index is 13.1. The molecule has 0 aromatic heterocycles. The Balaban J connectivity index is 1.01. The van der Waals surface area contributed by atoms with Gasteiger partial charge < -0.3 is 39.6 Å². The van der Waals surface area contributed by atoms with Crippen LogP contribution in [-0.2, 0) is 33.5 Å². The number of carboxylic acids is 1. The quantitative estimate of drug-likeness (QED) is 0.0652. The van der Waals surface area contributed by atoms with Gasteiger partial charge in [0, 0.05) is 65.9 Å². The van der Waals surface area contributed by atoms with E-state index in [9.17, 15) is 43.8 Å². The summed E-state index contributed by atoms with van der Waals surface area (Å²) in [6.07, 6.45) is -0.0348. The number of phenolic OH excluding ortho intramolecular Hbond substituents is 1. The van der Waals surface area contributed by atoms with Crippen LogP contribution in [0.4, 0.5) is 0 Å². The number of benzene rings is 3. The number of fused-ring (bicyclic) bond motifs is 2. The molecule has 0 spiro atoms. The van der Waals surface area contributed by atoms with Crippen molar-refractivity contribution in [3.63, 3.8) is 0 Å². The predicted octanol–water partition coefficient (Wildman–Crippen LogP) is 2.58. The average molecular weight is 750 g/mol. The van der Waals surface area contributed by atoms with Gasteiger partial charge in [0.05, 0.1) is 44.2 Å². The third-order valence-corrected chi connectivity index (χ3v) is 8.77. The Morgan fingerprint density at radius 1 is 0.830 bits per heavy atom. The summed E-state index contributed by atoms with van der Waals surface area (Å²) < 4.78 is 16.8. The van der Waals surface area contributed by atoms with Crippen LogP contribution in [0.5, 0.6) is 5.75 Å². The highest BCUT2D eigenvalue weighted by Crippen LogP contribution is 2.42. The van der Waals surface area contributed by atoms with Crippen LogP contribution in [0, 0.1) is 0 Å². The van der Waals surface area contributed by atoms with Gasteiger partial charge in [-0.15, -0.1) is 5.06 Å². The Kier molecular flexibility index (Phi) is 13.1. The molecule has 16 nitrogen and oxygen atoms in total. The number of hydroxylamine groups is 2. The third kappa shape index (κ3) is 10.2. The molecule has 0 unspecified atom stereocenters. The van der Waals surface area contributed by atoms with Gasteiger partial charge in [0.15, 0.2) is 5.43 Å². The van der Waals surface area contributed by atoms with E-state index in [1.54, 1.807) is 6.07 Å². The number of ether oxygens (including phenoxy) is 2. The number of imide groups is 1. The van der Waals surface area contributed by atoms with E-state index < -0.39 is 29.7 Å². The molecule has 1 saturated heterocycles. The summed E-state index contributed by atoms with van der Waals surface area (Å²) in [5.74, 6) is -3.32. The molecule has 0 radical (unpaired) electrons. The number of hydrogen-bond donors (Lipinski definition) is 4. The van der Waals surface area contributed by atoms with Crippen LogP contribution in [-0.4, -0.2) is 102 Å². The second kappa shape index (κ2) is 18.1. The Hall–Kier alpha value is -5.78. The molecular formula is C36H35N3O13S. The molecule has 53 heavy (non-hydrogen) atoms. The Morgan fingerprint density at radius 3 is 2.26 bits per heavy atom. The molecule has 4 amide bonds. The number of amides is 4. The minimum absolute atomic E-state index is 0.0162. The molecule has 278 valence electrons. The summed E-state index contributed by atoms with van der Waals surface area (Å²) in [6.45, 7) is 1.26. The Bertz CT molecular complexity index is 2050. The lowest BCUT2D eigenvalue weighted by molar-refractivity contribution is -0.197. The minimum atomic E-state index is -1.23. The molecule has 0 bridgehead atoms. The first-order chi connectivity index (χ1) is 25.5. The highest BCUT2D eigenvalue weighted by molar-refractivity contribution is 7.99. The number of nitrogens with zero attached hydrogens (tertiary/aromatic N) is 1. The number of rotatable bonds is 18. The molecule has 1 aliphatic carbocycles. The minimum Gasteiger partial charge on any atom is -0.508 e. The van der Waals surface area contributed by atoms with Gasteiger partial charge in [-0.3, -0.25) is 24.0 Å². The summed E-state index contributed by atoms with van der Waals surface area (Å²) in [7, 11) is 0. The second-order valence-corrected chi connectivity index (χ2v) is 12.7. The summed E-state index contributed by atoms with van der Waals surface area (Å²) in [5.41, 5.74) is 1.09. The molecule has 0 atom stereocenters. The lowest BCUT2D eigenvalue weighted by Gasteiger charge is -2.17. The van der Waals surface area contributed by atoms with Crippen LogP contribution in [0.15, 0.2) is 63.8 Å². The monoisotopic (exact) mass is 749 g/mol. The fourth-order valence-electron chi connectivity index (χ4n) is 5.33.